The Hall–Kier alpha value is -0.970. The first-order valence-corrected chi connectivity index (χ1v) is 6.62. The molecular formula is C11H17N3OS. The van der Waals surface area contributed by atoms with Crippen LogP contribution in [-0.2, 0) is 6.54 Å². The van der Waals surface area contributed by atoms with Crippen LogP contribution in [0.15, 0.2) is 15.6 Å². The van der Waals surface area contributed by atoms with Crippen LogP contribution in [0.4, 0.5) is 0 Å². The second kappa shape index (κ2) is 5.39. The first kappa shape index (κ1) is 11.5. The molecule has 2 rings (SSSR count). The molecule has 16 heavy (non-hydrogen) atoms. The van der Waals surface area contributed by atoms with E-state index >= 15 is 0 Å². The van der Waals surface area contributed by atoms with Crippen molar-refractivity contribution in [2.75, 3.05) is 5.75 Å². The van der Waals surface area contributed by atoms with Crippen LogP contribution in [0.2, 0.25) is 0 Å². The fraction of sp³-hybridized carbons (Fsp3) is 0.636. The van der Waals surface area contributed by atoms with E-state index < -0.39 is 0 Å². The maximum atomic E-state index is 5.00. The third-order valence-electron chi connectivity index (χ3n) is 2.59. The molecule has 1 atom stereocenters. The number of nitrogens with one attached hydrogen (secondary N) is 1. The van der Waals surface area contributed by atoms with Gasteiger partial charge in [0.2, 0.25) is 0 Å². The van der Waals surface area contributed by atoms with Crippen LogP contribution >= 0.6 is 11.8 Å². The zero-order valence-electron chi connectivity index (χ0n) is 9.69. The van der Waals surface area contributed by atoms with Crippen LogP contribution < -0.4 is 5.32 Å². The van der Waals surface area contributed by atoms with Gasteiger partial charge >= 0.3 is 0 Å². The summed E-state index contributed by atoms with van der Waals surface area (Å²) in [6.07, 6.45) is 2.38. The quantitative estimate of drug-likeness (QED) is 0.879. The second-order valence-corrected chi connectivity index (χ2v) is 5.02. The average molecular weight is 239 g/mol. The average Bonchev–Trinajstić information content (AvgIpc) is 2.73. The minimum Gasteiger partial charge on any atom is -0.362 e. The number of amidine groups is 1. The number of aromatic nitrogens is 1. The van der Waals surface area contributed by atoms with Gasteiger partial charge in [-0.2, -0.15) is 0 Å². The van der Waals surface area contributed by atoms with Crippen molar-refractivity contribution in [1.29, 1.82) is 0 Å². The van der Waals surface area contributed by atoms with Crippen LogP contribution in [0.5, 0.6) is 0 Å². The van der Waals surface area contributed by atoms with E-state index in [-0.39, 0.29) is 0 Å². The minimum absolute atomic E-state index is 0.582. The Bertz CT molecular complexity index is 375. The highest BCUT2D eigenvalue weighted by Gasteiger charge is 2.15. The molecule has 0 spiro atoms. The largest absolute Gasteiger partial charge is 0.362 e. The Morgan fingerprint density at radius 2 is 2.56 bits per heavy atom. The second-order valence-electron chi connectivity index (χ2n) is 3.94. The topological polar surface area (TPSA) is 50.4 Å². The molecule has 0 saturated carbocycles. The highest BCUT2D eigenvalue weighted by Crippen LogP contribution is 2.16. The maximum Gasteiger partial charge on any atom is 0.157 e. The summed E-state index contributed by atoms with van der Waals surface area (Å²) in [6, 6.07) is 2.51. The molecule has 2 heterocycles. The lowest BCUT2D eigenvalue weighted by Gasteiger charge is -2.24. The lowest BCUT2D eigenvalue weighted by Crippen LogP contribution is -2.37. The van der Waals surface area contributed by atoms with E-state index in [4.69, 9.17) is 4.52 Å². The lowest BCUT2D eigenvalue weighted by molar-refractivity contribution is 0.391. The zero-order chi connectivity index (χ0) is 11.4. The van der Waals surface area contributed by atoms with Crippen LogP contribution in [0.25, 0.3) is 0 Å². The van der Waals surface area contributed by atoms with E-state index in [1.807, 2.05) is 13.0 Å². The van der Waals surface area contributed by atoms with E-state index in [1.165, 1.54) is 6.42 Å². The van der Waals surface area contributed by atoms with Gasteiger partial charge < -0.3 is 9.84 Å². The van der Waals surface area contributed by atoms with Gasteiger partial charge in [0.15, 0.2) is 5.17 Å². The molecule has 0 bridgehead atoms. The molecule has 1 aliphatic rings. The van der Waals surface area contributed by atoms with Crippen LogP contribution in [0, 0.1) is 6.92 Å². The van der Waals surface area contributed by atoms with Gasteiger partial charge in [0.1, 0.15) is 11.5 Å². The van der Waals surface area contributed by atoms with Crippen molar-refractivity contribution in [3.05, 3.63) is 17.5 Å². The van der Waals surface area contributed by atoms with Crippen molar-refractivity contribution in [3.8, 4) is 0 Å². The molecule has 1 N–H and O–H groups in total. The Morgan fingerprint density at radius 3 is 3.25 bits per heavy atom. The summed E-state index contributed by atoms with van der Waals surface area (Å²) in [5, 5.41) is 8.40. The summed E-state index contributed by atoms with van der Waals surface area (Å²) in [4.78, 5) is 4.51. The number of thioether (sulfide) groups is 1. The van der Waals surface area contributed by atoms with E-state index in [1.54, 1.807) is 11.8 Å². The standard InChI is InChI=1S/C11H17N3OS/c1-3-9-4-5-16-11(13-9)12-7-10-6-8(2)15-14-10/h6,9H,3-5,7H2,1-2H3,(H,12,13). The number of rotatable bonds is 3. The van der Waals surface area contributed by atoms with Crippen LogP contribution in [0.3, 0.4) is 0 Å². The summed E-state index contributed by atoms with van der Waals surface area (Å²) in [6.45, 7) is 4.69. The van der Waals surface area contributed by atoms with Gasteiger partial charge in [-0.25, -0.2) is 0 Å². The molecule has 4 nitrogen and oxygen atoms in total. The predicted molar refractivity (Wildman–Crippen MR) is 66.7 cm³/mol. The summed E-state index contributed by atoms with van der Waals surface area (Å²) in [5.41, 5.74) is 0.894. The Morgan fingerprint density at radius 1 is 1.69 bits per heavy atom. The number of aliphatic imine (C=N–C) groups is 1. The molecule has 0 aromatic carbocycles. The highest BCUT2D eigenvalue weighted by atomic mass is 32.2. The lowest BCUT2D eigenvalue weighted by atomic mass is 10.2. The van der Waals surface area contributed by atoms with Crippen molar-refractivity contribution in [3.63, 3.8) is 0 Å². The van der Waals surface area contributed by atoms with Crippen molar-refractivity contribution >= 4 is 16.9 Å². The SMILES string of the molecule is CCC1CCSC(=NCc2cc(C)on2)N1. The first-order valence-electron chi connectivity index (χ1n) is 5.64. The highest BCUT2D eigenvalue weighted by molar-refractivity contribution is 8.13. The molecule has 1 aromatic rings. The van der Waals surface area contributed by atoms with Gasteiger partial charge in [-0.05, 0) is 19.8 Å². The maximum absolute atomic E-state index is 5.00. The fourth-order valence-electron chi connectivity index (χ4n) is 1.63. The van der Waals surface area contributed by atoms with Gasteiger partial charge in [0.25, 0.3) is 0 Å². The van der Waals surface area contributed by atoms with Crippen molar-refractivity contribution < 1.29 is 4.52 Å². The Kier molecular flexibility index (Phi) is 3.88. The van der Waals surface area contributed by atoms with Gasteiger partial charge in [-0.15, -0.1) is 0 Å². The molecular weight excluding hydrogens is 222 g/mol. The fourth-order valence-corrected chi connectivity index (χ4v) is 2.63. The monoisotopic (exact) mass is 239 g/mol. The number of hydrogen-bond donors (Lipinski definition) is 1. The molecule has 1 aromatic heterocycles. The Labute approximate surface area is 99.9 Å². The molecule has 1 aliphatic heterocycles. The molecule has 0 aliphatic carbocycles. The molecule has 1 fully saturated rings. The summed E-state index contributed by atoms with van der Waals surface area (Å²) in [7, 11) is 0. The van der Waals surface area contributed by atoms with Crippen LogP contribution in [-0.4, -0.2) is 22.1 Å². The number of hydrogen-bond acceptors (Lipinski definition) is 4. The van der Waals surface area contributed by atoms with Gasteiger partial charge in [-0.3, -0.25) is 4.99 Å². The molecule has 0 amide bonds. The van der Waals surface area contributed by atoms with Crippen molar-refractivity contribution in [2.45, 2.75) is 39.3 Å². The Balaban J connectivity index is 1.91. The molecule has 1 unspecified atom stereocenters. The summed E-state index contributed by atoms with van der Waals surface area (Å²) < 4.78 is 5.00. The third-order valence-corrected chi connectivity index (χ3v) is 3.55. The minimum atomic E-state index is 0.582. The van der Waals surface area contributed by atoms with Crippen molar-refractivity contribution in [2.24, 2.45) is 4.99 Å². The van der Waals surface area contributed by atoms with Crippen molar-refractivity contribution in [1.82, 2.24) is 10.5 Å². The summed E-state index contributed by atoms with van der Waals surface area (Å²) >= 11 is 1.79. The van der Waals surface area contributed by atoms with Gasteiger partial charge in [0, 0.05) is 17.9 Å². The molecule has 0 radical (unpaired) electrons. The number of aryl methyl sites for hydroxylation is 1. The van der Waals surface area contributed by atoms with E-state index in [0.717, 1.165) is 28.8 Å². The summed E-state index contributed by atoms with van der Waals surface area (Å²) in [5.74, 6) is 1.99. The smallest absolute Gasteiger partial charge is 0.157 e. The van der Waals surface area contributed by atoms with Crippen LogP contribution in [0.1, 0.15) is 31.2 Å². The van der Waals surface area contributed by atoms with Gasteiger partial charge in [-0.1, -0.05) is 23.8 Å². The first-order chi connectivity index (χ1) is 7.78. The molecule has 5 heteroatoms. The van der Waals surface area contributed by atoms with E-state index in [2.05, 4.69) is 22.4 Å². The predicted octanol–water partition coefficient (Wildman–Crippen LogP) is 2.34. The normalized spacial score (nSPS) is 23.4. The van der Waals surface area contributed by atoms with E-state index in [0.29, 0.717) is 12.6 Å². The number of nitrogens with zero attached hydrogens (tertiary/aromatic N) is 2. The van der Waals surface area contributed by atoms with Gasteiger partial charge in [0.05, 0.1) is 6.54 Å². The molecule has 88 valence electrons. The third kappa shape index (κ3) is 3.01. The zero-order valence-corrected chi connectivity index (χ0v) is 10.5. The van der Waals surface area contributed by atoms with E-state index in [9.17, 15) is 0 Å². The molecule has 1 saturated heterocycles.